The molecule has 8 heteroatoms. The van der Waals surface area contributed by atoms with E-state index in [2.05, 4.69) is 5.32 Å². The lowest BCUT2D eigenvalue weighted by molar-refractivity contribution is -0.141. The molecule has 1 aliphatic carbocycles. The molecule has 3 atom stereocenters. The van der Waals surface area contributed by atoms with Gasteiger partial charge in [-0.15, -0.1) is 4.52 Å². The smallest absolute Gasteiger partial charge is 0.481 e. The van der Waals surface area contributed by atoms with E-state index in [0.29, 0.717) is 18.8 Å². The molecule has 1 fully saturated rings. The van der Waals surface area contributed by atoms with E-state index in [0.717, 1.165) is 31.2 Å². The van der Waals surface area contributed by atoms with E-state index in [4.69, 9.17) is 9.26 Å². The first kappa shape index (κ1) is 25.3. The molecule has 7 nitrogen and oxygen atoms in total. The second-order valence-corrected chi connectivity index (χ2v) is 9.96. The Morgan fingerprint density at radius 2 is 1.84 bits per heavy atom. The number of rotatable bonds is 12. The normalized spacial score (nSPS) is 17.1. The van der Waals surface area contributed by atoms with E-state index < -0.39 is 32.2 Å². The van der Waals surface area contributed by atoms with Gasteiger partial charge >= 0.3 is 20.1 Å². The summed E-state index contributed by atoms with van der Waals surface area (Å²) in [5.41, 5.74) is 0.867. The minimum absolute atomic E-state index is 0.0647. The molecule has 0 saturated heterocycles. The van der Waals surface area contributed by atoms with Crippen LogP contribution in [0, 0.1) is 17.8 Å². The van der Waals surface area contributed by atoms with Gasteiger partial charge in [0, 0.05) is 6.42 Å². The van der Waals surface area contributed by atoms with Crippen LogP contribution in [-0.2, 0) is 25.2 Å². The fourth-order valence-electron chi connectivity index (χ4n) is 3.94. The number of hydrogen-bond donors (Lipinski definition) is 2. The maximum absolute atomic E-state index is 12.6. The van der Waals surface area contributed by atoms with Crippen LogP contribution in [0.5, 0.6) is 0 Å². The molecule has 2 N–H and O–H groups in total. The fourth-order valence-corrected chi connectivity index (χ4v) is 5.11. The Morgan fingerprint density at radius 1 is 1.16 bits per heavy atom. The lowest BCUT2D eigenvalue weighted by atomic mass is 9.86. The van der Waals surface area contributed by atoms with Crippen molar-refractivity contribution in [3.63, 3.8) is 0 Å². The maximum Gasteiger partial charge on any atom is 0.511 e. The van der Waals surface area contributed by atoms with Crippen LogP contribution in [0.3, 0.4) is 0 Å². The number of carboxylic acid groups (broad SMARTS) is 1. The predicted octanol–water partition coefficient (Wildman–Crippen LogP) is 5.72. The zero-order valence-corrected chi connectivity index (χ0v) is 19.4. The monoisotopic (exact) mass is 452 g/mol. The fraction of sp³-hybridized carbons (Fsp3) is 0.652. The number of nitrogens with one attached hydrogen (secondary N) is 1. The van der Waals surface area contributed by atoms with Gasteiger partial charge in [0.2, 0.25) is 0 Å². The van der Waals surface area contributed by atoms with Crippen LogP contribution < -0.4 is 5.32 Å². The second kappa shape index (κ2) is 13.4. The first-order chi connectivity index (χ1) is 14.8. The highest BCUT2D eigenvalue weighted by Gasteiger charge is 2.35. The third-order valence-electron chi connectivity index (χ3n) is 5.48. The van der Waals surface area contributed by atoms with Crippen molar-refractivity contribution < 1.29 is 28.5 Å². The number of carbonyl (C=O) groups is 2. The molecule has 0 aliphatic heterocycles. The van der Waals surface area contributed by atoms with E-state index in [9.17, 15) is 19.3 Å². The predicted molar refractivity (Wildman–Crippen MR) is 119 cm³/mol. The van der Waals surface area contributed by atoms with Crippen molar-refractivity contribution in [2.75, 3.05) is 6.16 Å². The molecule has 0 spiro atoms. The van der Waals surface area contributed by atoms with E-state index in [-0.39, 0.29) is 18.7 Å². The summed E-state index contributed by atoms with van der Waals surface area (Å²) in [5.74, 6) is -1.15. The third kappa shape index (κ3) is 10.3. The molecule has 0 bridgehead atoms. The topological polar surface area (TPSA) is 102 Å². The number of carbonyl (C=O) groups excluding carboxylic acids is 1. The van der Waals surface area contributed by atoms with E-state index in [1.165, 1.54) is 6.42 Å². The van der Waals surface area contributed by atoms with Crippen LogP contribution in [0.2, 0.25) is 0 Å². The SMILES string of the molecule is CC(C)CC(C[P+](=O)OC(CC1CCCCC1)NC(=O)OCc1ccccc1)C(=O)O. The highest BCUT2D eigenvalue weighted by molar-refractivity contribution is 7.39. The summed E-state index contributed by atoms with van der Waals surface area (Å²) < 4.78 is 23.6. The summed E-state index contributed by atoms with van der Waals surface area (Å²) in [5, 5.41) is 12.1. The van der Waals surface area contributed by atoms with Crippen LogP contribution in [0.25, 0.3) is 0 Å². The summed E-state index contributed by atoms with van der Waals surface area (Å²) in [6, 6.07) is 9.35. The third-order valence-corrected chi connectivity index (χ3v) is 6.71. The summed E-state index contributed by atoms with van der Waals surface area (Å²) >= 11 is 0. The zero-order valence-electron chi connectivity index (χ0n) is 18.5. The van der Waals surface area contributed by atoms with Gasteiger partial charge in [-0.2, -0.15) is 0 Å². The molecule has 0 heterocycles. The molecule has 1 aliphatic rings. The van der Waals surface area contributed by atoms with Crippen LogP contribution in [-0.4, -0.2) is 29.6 Å². The molecule has 2 rings (SSSR count). The van der Waals surface area contributed by atoms with Crippen molar-refractivity contribution >= 4 is 20.1 Å². The van der Waals surface area contributed by atoms with Crippen LogP contribution in [0.1, 0.15) is 64.4 Å². The van der Waals surface area contributed by atoms with Gasteiger partial charge in [-0.05, 0) is 28.4 Å². The van der Waals surface area contributed by atoms with Crippen molar-refractivity contribution in [3.05, 3.63) is 35.9 Å². The van der Waals surface area contributed by atoms with Crippen LogP contribution in [0.15, 0.2) is 30.3 Å². The number of amides is 1. The van der Waals surface area contributed by atoms with E-state index in [1.807, 2.05) is 44.2 Å². The van der Waals surface area contributed by atoms with E-state index >= 15 is 0 Å². The Hall–Kier alpha value is -1.98. The van der Waals surface area contributed by atoms with Crippen molar-refractivity contribution in [1.82, 2.24) is 5.32 Å². The van der Waals surface area contributed by atoms with Gasteiger partial charge in [0.1, 0.15) is 12.5 Å². The van der Waals surface area contributed by atoms with Crippen molar-refractivity contribution in [2.45, 2.75) is 71.6 Å². The van der Waals surface area contributed by atoms with Crippen molar-refractivity contribution in [1.29, 1.82) is 0 Å². The quantitative estimate of drug-likeness (QED) is 0.311. The molecular weight excluding hydrogens is 417 g/mol. The Bertz CT molecular complexity index is 705. The molecule has 172 valence electrons. The average molecular weight is 453 g/mol. The van der Waals surface area contributed by atoms with Crippen molar-refractivity contribution in [2.24, 2.45) is 17.8 Å². The van der Waals surface area contributed by atoms with Gasteiger partial charge in [-0.1, -0.05) is 76.3 Å². The number of aliphatic carboxylic acids is 1. The van der Waals surface area contributed by atoms with Gasteiger partial charge in [-0.3, -0.25) is 10.1 Å². The Kier molecular flexibility index (Phi) is 11.0. The van der Waals surface area contributed by atoms with Gasteiger partial charge in [0.15, 0.2) is 12.4 Å². The van der Waals surface area contributed by atoms with Gasteiger partial charge < -0.3 is 9.84 Å². The van der Waals surface area contributed by atoms with Gasteiger partial charge in [-0.25, -0.2) is 4.79 Å². The molecule has 3 unspecified atom stereocenters. The zero-order chi connectivity index (χ0) is 22.6. The Balaban J connectivity index is 1.93. The highest BCUT2D eigenvalue weighted by atomic mass is 31.1. The minimum atomic E-state index is -2.23. The molecule has 1 aromatic carbocycles. The summed E-state index contributed by atoms with van der Waals surface area (Å²) in [6.07, 6.45) is 5.08. The van der Waals surface area contributed by atoms with Crippen molar-refractivity contribution in [3.8, 4) is 0 Å². The lowest BCUT2D eigenvalue weighted by Crippen LogP contribution is -2.38. The molecule has 0 aromatic heterocycles. The molecule has 31 heavy (non-hydrogen) atoms. The second-order valence-electron chi connectivity index (χ2n) is 8.72. The first-order valence-corrected chi connectivity index (χ1v) is 12.5. The summed E-state index contributed by atoms with van der Waals surface area (Å²) in [4.78, 5) is 23.8. The minimum Gasteiger partial charge on any atom is -0.481 e. The number of alkyl carbamates (subject to hydrolysis) is 1. The average Bonchev–Trinajstić information content (AvgIpc) is 2.73. The standard InChI is InChI=1S/C23H34NO6P/c1-17(2)13-20(22(25)26)16-31(28)30-21(14-18-9-5-3-6-10-18)24-23(27)29-15-19-11-7-4-8-12-19/h4,7-8,11-12,17-18,20-21H,3,5-6,9-10,13-16H2,1-2H3,(H-,24,25,26,27)/p+1. The molecule has 1 saturated carbocycles. The van der Waals surface area contributed by atoms with Crippen LogP contribution >= 0.6 is 8.03 Å². The number of carboxylic acids is 1. The number of hydrogen-bond acceptors (Lipinski definition) is 5. The molecule has 0 radical (unpaired) electrons. The Labute approximate surface area is 185 Å². The molecule has 1 aromatic rings. The lowest BCUT2D eigenvalue weighted by Gasteiger charge is -2.24. The molecule has 1 amide bonds. The van der Waals surface area contributed by atoms with E-state index in [1.54, 1.807) is 0 Å². The van der Waals surface area contributed by atoms with Gasteiger partial charge in [0.25, 0.3) is 0 Å². The van der Waals surface area contributed by atoms with Gasteiger partial charge in [0.05, 0.1) is 0 Å². The maximum atomic E-state index is 12.6. The first-order valence-electron chi connectivity index (χ1n) is 11.1. The molecular formula is C23H35NO6P+. The summed E-state index contributed by atoms with van der Waals surface area (Å²) in [7, 11) is -2.23. The van der Waals surface area contributed by atoms with Crippen LogP contribution in [0.4, 0.5) is 4.79 Å². The number of benzene rings is 1. The Morgan fingerprint density at radius 3 is 2.45 bits per heavy atom. The highest BCUT2D eigenvalue weighted by Crippen LogP contribution is 2.34. The summed E-state index contributed by atoms with van der Waals surface area (Å²) in [6.45, 7) is 3.99. The number of ether oxygens (including phenoxy) is 1. The largest absolute Gasteiger partial charge is 0.511 e.